The Morgan fingerprint density at radius 3 is 1.52 bits per heavy atom. The summed E-state index contributed by atoms with van der Waals surface area (Å²) in [5.74, 6) is 0.959. The summed E-state index contributed by atoms with van der Waals surface area (Å²) in [7, 11) is 0. The first kappa shape index (κ1) is 56.8. The maximum atomic E-state index is 12.1. The zero-order valence-electron chi connectivity index (χ0n) is 38.4. The second-order valence-corrected chi connectivity index (χ2v) is 15.9. The molecule has 0 bridgehead atoms. The number of amides is 2. The molecule has 0 saturated heterocycles. The molecular formula is C45H84N6O11. The zero-order valence-corrected chi connectivity index (χ0v) is 38.4. The van der Waals surface area contributed by atoms with Gasteiger partial charge in [-0.25, -0.2) is 0 Å². The van der Waals surface area contributed by atoms with Crippen molar-refractivity contribution in [2.75, 3.05) is 92.4 Å². The lowest BCUT2D eigenvalue weighted by Gasteiger charge is -2.09. The number of ether oxygens (including phenoxy) is 6. The van der Waals surface area contributed by atoms with Crippen molar-refractivity contribution < 1.29 is 53.8 Å². The predicted octanol–water partition coefficient (Wildman–Crippen LogP) is 5.88. The van der Waals surface area contributed by atoms with Crippen LogP contribution >= 0.6 is 0 Å². The number of tetrazole rings is 1. The Hall–Kier alpha value is -3.22. The zero-order chi connectivity index (χ0) is 45.0. The number of nitrogens with zero attached hydrogens (tertiary/aromatic N) is 3. The first-order valence-electron chi connectivity index (χ1n) is 23.5. The summed E-state index contributed by atoms with van der Waals surface area (Å²) in [4.78, 5) is 59.1. The number of hydrogen-bond acceptors (Lipinski definition) is 14. The third-order valence-electron chi connectivity index (χ3n) is 10.2. The number of carbonyl (C=O) groups is 5. The molecule has 1 aromatic rings. The van der Waals surface area contributed by atoms with Gasteiger partial charge in [0.1, 0.15) is 25.6 Å². The normalized spacial score (nSPS) is 11.8. The summed E-state index contributed by atoms with van der Waals surface area (Å²) in [6, 6.07) is 0. The summed E-state index contributed by atoms with van der Waals surface area (Å²) < 4.78 is 32.4. The summed E-state index contributed by atoms with van der Waals surface area (Å²) >= 11 is 0. The first-order valence-corrected chi connectivity index (χ1v) is 23.5. The lowest BCUT2D eigenvalue weighted by Crippen LogP contribution is -2.31. The van der Waals surface area contributed by atoms with Crippen LogP contribution in [0.3, 0.4) is 0 Å². The van der Waals surface area contributed by atoms with Crippen LogP contribution in [0.1, 0.15) is 156 Å². The number of ketones is 3. The highest BCUT2D eigenvalue weighted by Crippen LogP contribution is 2.14. The largest absolute Gasteiger partial charge is 0.379 e. The van der Waals surface area contributed by atoms with Crippen LogP contribution in [0.15, 0.2) is 0 Å². The second-order valence-electron chi connectivity index (χ2n) is 15.9. The van der Waals surface area contributed by atoms with Crippen molar-refractivity contribution in [3.63, 3.8) is 0 Å². The number of carbonyl (C=O) groups excluding carboxylic acids is 5. The Morgan fingerprint density at radius 2 is 0.968 bits per heavy atom. The Kier molecular flexibility index (Phi) is 39.4. The van der Waals surface area contributed by atoms with Gasteiger partial charge in [-0.15, -0.1) is 10.2 Å². The van der Waals surface area contributed by atoms with E-state index in [1.807, 2.05) is 6.92 Å². The summed E-state index contributed by atoms with van der Waals surface area (Å²) in [5, 5.41) is 19.6. The first-order chi connectivity index (χ1) is 30.3. The lowest BCUT2D eigenvalue weighted by molar-refractivity contribution is -0.127. The topological polar surface area (TPSA) is 219 Å². The number of aromatic amines is 1. The van der Waals surface area contributed by atoms with Gasteiger partial charge >= 0.3 is 0 Å². The summed E-state index contributed by atoms with van der Waals surface area (Å²) in [5.41, 5.74) is 0. The molecule has 1 unspecified atom stereocenters. The molecule has 0 aromatic carbocycles. The van der Waals surface area contributed by atoms with Gasteiger partial charge in [-0.1, -0.05) is 95.6 Å². The molecule has 1 atom stereocenters. The summed E-state index contributed by atoms with van der Waals surface area (Å²) in [6.45, 7) is 7.34. The molecule has 3 N–H and O–H groups in total. The van der Waals surface area contributed by atoms with E-state index in [0.717, 1.165) is 57.2 Å². The molecule has 1 heterocycles. The van der Waals surface area contributed by atoms with Gasteiger partial charge in [0.2, 0.25) is 11.8 Å². The van der Waals surface area contributed by atoms with Gasteiger partial charge in [-0.2, -0.15) is 5.21 Å². The molecule has 0 spiro atoms. The molecular weight excluding hydrogens is 801 g/mol. The Labute approximate surface area is 372 Å². The standard InChI is InChI=1S/C45H82N6O11.H2/c1-39(40(2)52)20-15-14-16-21-41(53)36-60-33-32-59-29-26-47-45(56)38-62-35-30-57-27-19-22-42(54)37-61-34-31-58-28-25-46-44(55)24-18-13-11-9-7-5-3-4-6-8-10-12-17-23-43-48-50-51-49-43;/h39H,3-38H2,1-2H3,(H,46,55)(H,47,56)(H,48,49,50,51);1H. The van der Waals surface area contributed by atoms with Gasteiger partial charge in [0.15, 0.2) is 17.4 Å². The summed E-state index contributed by atoms with van der Waals surface area (Å²) in [6.07, 6.45) is 22.3. The molecule has 0 aliphatic heterocycles. The van der Waals surface area contributed by atoms with Crippen LogP contribution in [0.25, 0.3) is 0 Å². The molecule has 0 fully saturated rings. The molecule has 62 heavy (non-hydrogen) atoms. The van der Waals surface area contributed by atoms with Gasteiger partial charge in [0.05, 0.1) is 52.9 Å². The number of nitrogens with one attached hydrogen (secondary N) is 3. The number of Topliss-reactive ketones (excluding diaryl/α,β-unsaturated/α-hetero) is 3. The van der Waals surface area contributed by atoms with Crippen molar-refractivity contribution in [3.05, 3.63) is 5.82 Å². The van der Waals surface area contributed by atoms with E-state index in [2.05, 4.69) is 31.3 Å². The van der Waals surface area contributed by atoms with E-state index in [0.29, 0.717) is 91.6 Å². The average molecular weight is 885 g/mol. The number of hydrogen-bond donors (Lipinski definition) is 3. The van der Waals surface area contributed by atoms with Crippen molar-refractivity contribution in [1.82, 2.24) is 31.3 Å². The third-order valence-corrected chi connectivity index (χ3v) is 10.2. The highest BCUT2D eigenvalue weighted by Gasteiger charge is 2.08. The number of rotatable bonds is 48. The van der Waals surface area contributed by atoms with Crippen LogP contribution < -0.4 is 10.6 Å². The van der Waals surface area contributed by atoms with Crippen molar-refractivity contribution in [2.24, 2.45) is 5.92 Å². The highest BCUT2D eigenvalue weighted by molar-refractivity contribution is 5.80. The fraction of sp³-hybridized carbons (Fsp3) is 0.867. The molecule has 17 nitrogen and oxygen atoms in total. The van der Waals surface area contributed by atoms with Crippen molar-refractivity contribution in [2.45, 2.75) is 155 Å². The second kappa shape index (κ2) is 43.1. The van der Waals surface area contributed by atoms with Crippen LogP contribution in [0.4, 0.5) is 0 Å². The van der Waals surface area contributed by atoms with Crippen molar-refractivity contribution >= 4 is 29.2 Å². The van der Waals surface area contributed by atoms with Gasteiger partial charge in [0, 0.05) is 52.7 Å². The van der Waals surface area contributed by atoms with Gasteiger partial charge < -0.3 is 39.1 Å². The van der Waals surface area contributed by atoms with Crippen molar-refractivity contribution in [1.29, 1.82) is 0 Å². The predicted molar refractivity (Wildman–Crippen MR) is 238 cm³/mol. The number of unbranched alkanes of at least 4 members (excludes halogenated alkanes) is 14. The fourth-order valence-electron chi connectivity index (χ4n) is 6.33. The minimum atomic E-state index is -0.258. The van der Waals surface area contributed by atoms with Crippen LogP contribution in [0.2, 0.25) is 0 Å². The number of aromatic nitrogens is 4. The highest BCUT2D eigenvalue weighted by atomic mass is 16.5. The molecule has 2 amide bonds. The van der Waals surface area contributed by atoms with Gasteiger partial charge in [-0.05, 0) is 39.0 Å². The Bertz CT molecular complexity index is 1250. The maximum Gasteiger partial charge on any atom is 0.246 e. The molecule has 1 aromatic heterocycles. The molecule has 360 valence electrons. The monoisotopic (exact) mass is 885 g/mol. The minimum Gasteiger partial charge on any atom is -0.379 e. The van der Waals surface area contributed by atoms with E-state index in [9.17, 15) is 24.0 Å². The van der Waals surface area contributed by atoms with Crippen molar-refractivity contribution in [3.8, 4) is 0 Å². The average Bonchev–Trinajstić information content (AvgIpc) is 3.78. The van der Waals surface area contributed by atoms with Crippen LogP contribution in [-0.4, -0.2) is 142 Å². The quantitative estimate of drug-likeness (QED) is 0.0652. The SMILES string of the molecule is CC(=O)C(C)CCCCCC(=O)COCCOCCNC(=O)COCCOCCCC(=O)COCCOCCNC(=O)CCCCCCCCCCCCCCCc1nn[nH]n1.[HH]. The van der Waals surface area contributed by atoms with Crippen LogP contribution in [0, 0.1) is 5.92 Å². The van der Waals surface area contributed by atoms with Gasteiger partial charge in [-0.3, -0.25) is 24.0 Å². The fourth-order valence-corrected chi connectivity index (χ4v) is 6.33. The van der Waals surface area contributed by atoms with E-state index >= 15 is 0 Å². The van der Waals surface area contributed by atoms with E-state index in [4.69, 9.17) is 28.4 Å². The number of aryl methyl sites for hydroxylation is 1. The Morgan fingerprint density at radius 1 is 0.516 bits per heavy atom. The Balaban J connectivity index is 0.0000384. The molecule has 1 rings (SSSR count). The number of H-pyrrole nitrogens is 1. The molecule has 0 aliphatic rings. The van der Waals surface area contributed by atoms with Crippen LogP contribution in [0.5, 0.6) is 0 Å². The minimum absolute atomic E-state index is 0. The van der Waals surface area contributed by atoms with E-state index in [1.165, 1.54) is 64.2 Å². The van der Waals surface area contributed by atoms with E-state index in [-0.39, 0.29) is 62.9 Å². The molecule has 0 aliphatic carbocycles. The molecule has 17 heteroatoms. The van der Waals surface area contributed by atoms with Crippen LogP contribution in [-0.2, 0) is 58.8 Å². The lowest BCUT2D eigenvalue weighted by atomic mass is 9.99. The van der Waals surface area contributed by atoms with E-state index in [1.54, 1.807) is 6.92 Å². The maximum absolute atomic E-state index is 12.1. The van der Waals surface area contributed by atoms with Gasteiger partial charge in [0.25, 0.3) is 0 Å². The third kappa shape index (κ3) is 39.6. The van der Waals surface area contributed by atoms with E-state index < -0.39 is 0 Å². The molecule has 0 saturated carbocycles. The molecule has 0 radical (unpaired) electrons. The smallest absolute Gasteiger partial charge is 0.246 e.